The highest BCUT2D eigenvalue weighted by Crippen LogP contribution is 2.04. The fourth-order valence-electron chi connectivity index (χ4n) is 0.742. The van der Waals surface area contributed by atoms with Crippen LogP contribution in [0, 0.1) is 4.91 Å². The number of nitroso groups, excluding NO2 is 1. The summed E-state index contributed by atoms with van der Waals surface area (Å²) in [4.78, 5) is 9.85. The summed E-state index contributed by atoms with van der Waals surface area (Å²) < 4.78 is 0. The van der Waals surface area contributed by atoms with Crippen LogP contribution in [0.15, 0.2) is 5.18 Å². The Hall–Kier alpha value is -0.400. The van der Waals surface area contributed by atoms with Gasteiger partial charge in [0, 0.05) is 0 Å². The van der Waals surface area contributed by atoms with Crippen LogP contribution in [-0.4, -0.2) is 6.04 Å². The predicted octanol–water partition coefficient (Wildman–Crippen LogP) is 2.72. The van der Waals surface area contributed by atoms with Crippen LogP contribution in [0.2, 0.25) is 0 Å². The van der Waals surface area contributed by atoms with Crippen molar-refractivity contribution >= 4 is 0 Å². The van der Waals surface area contributed by atoms with Crippen LogP contribution >= 0.6 is 0 Å². The third-order valence-corrected chi connectivity index (χ3v) is 1.41. The normalized spacial score (nSPS) is 13.1. The maximum Gasteiger partial charge on any atom is 0.0891 e. The highest BCUT2D eigenvalue weighted by molar-refractivity contribution is 4.56. The number of unbranched alkanes of at least 4 members (excludes halogenated alkanes) is 2. The van der Waals surface area contributed by atoms with Crippen molar-refractivity contribution in [3.63, 3.8) is 0 Å². The van der Waals surface area contributed by atoms with Gasteiger partial charge in [0.25, 0.3) is 0 Å². The van der Waals surface area contributed by atoms with E-state index in [2.05, 4.69) is 12.1 Å². The molecule has 1 atom stereocenters. The van der Waals surface area contributed by atoms with Crippen molar-refractivity contribution < 1.29 is 0 Å². The molecule has 0 N–H and O–H groups in total. The van der Waals surface area contributed by atoms with Crippen LogP contribution in [-0.2, 0) is 0 Å². The van der Waals surface area contributed by atoms with Gasteiger partial charge < -0.3 is 0 Å². The van der Waals surface area contributed by atoms with Crippen LogP contribution in [0.25, 0.3) is 0 Å². The Morgan fingerprint density at radius 3 is 2.56 bits per heavy atom. The van der Waals surface area contributed by atoms with Crippen molar-refractivity contribution in [1.29, 1.82) is 0 Å². The molecule has 0 aliphatic heterocycles. The molecule has 0 aromatic carbocycles. The van der Waals surface area contributed by atoms with Crippen LogP contribution in [0.4, 0.5) is 0 Å². The molecule has 0 aliphatic carbocycles. The molecule has 0 saturated carbocycles. The molecule has 1 unspecified atom stereocenters. The van der Waals surface area contributed by atoms with E-state index in [1.165, 1.54) is 12.8 Å². The lowest BCUT2D eigenvalue weighted by atomic mass is 10.1. The fraction of sp³-hybridized carbons (Fsp3) is 1.00. The third kappa shape index (κ3) is 5.47. The highest BCUT2D eigenvalue weighted by atomic mass is 16.3. The van der Waals surface area contributed by atoms with Gasteiger partial charge in [-0.25, -0.2) is 0 Å². The molecule has 0 radical (unpaired) electrons. The zero-order valence-corrected chi connectivity index (χ0v) is 6.26. The second-order valence-corrected chi connectivity index (χ2v) is 2.45. The standard InChI is InChI=1S/C7H15NO/c1-3-4-5-6-7(2)8-9/h7H,3-6H2,1-2H3. The number of hydrogen-bond donors (Lipinski definition) is 0. The van der Waals surface area contributed by atoms with Gasteiger partial charge >= 0.3 is 0 Å². The zero-order chi connectivity index (χ0) is 7.11. The maximum absolute atomic E-state index is 9.85. The lowest BCUT2D eigenvalue weighted by Gasteiger charge is -1.98. The third-order valence-electron chi connectivity index (χ3n) is 1.41. The Labute approximate surface area is 56.6 Å². The average Bonchev–Trinajstić information content (AvgIpc) is 1.89. The van der Waals surface area contributed by atoms with Gasteiger partial charge in [-0.05, 0) is 13.3 Å². The van der Waals surface area contributed by atoms with Crippen LogP contribution in [0.1, 0.15) is 39.5 Å². The van der Waals surface area contributed by atoms with E-state index in [1.54, 1.807) is 0 Å². The van der Waals surface area contributed by atoms with E-state index >= 15 is 0 Å². The van der Waals surface area contributed by atoms with Crippen molar-refractivity contribution in [3.8, 4) is 0 Å². The zero-order valence-electron chi connectivity index (χ0n) is 6.26. The molecule has 9 heavy (non-hydrogen) atoms. The number of nitrogens with zero attached hydrogens (tertiary/aromatic N) is 1. The second-order valence-electron chi connectivity index (χ2n) is 2.45. The monoisotopic (exact) mass is 129 g/mol. The second kappa shape index (κ2) is 5.73. The fourth-order valence-corrected chi connectivity index (χ4v) is 0.742. The molecule has 0 bridgehead atoms. The minimum atomic E-state index is 0.0246. The van der Waals surface area contributed by atoms with Crippen LogP contribution in [0.3, 0.4) is 0 Å². The summed E-state index contributed by atoms with van der Waals surface area (Å²) in [6.07, 6.45) is 4.53. The first-order valence-corrected chi connectivity index (χ1v) is 3.63. The summed E-state index contributed by atoms with van der Waals surface area (Å²) in [5, 5.41) is 2.91. The molecule has 0 saturated heterocycles. The molecule has 2 nitrogen and oxygen atoms in total. The Morgan fingerprint density at radius 2 is 2.11 bits per heavy atom. The van der Waals surface area contributed by atoms with E-state index in [-0.39, 0.29) is 6.04 Å². The van der Waals surface area contributed by atoms with E-state index in [9.17, 15) is 4.91 Å². The summed E-state index contributed by atoms with van der Waals surface area (Å²) in [5.74, 6) is 0. The van der Waals surface area contributed by atoms with Gasteiger partial charge in [0.15, 0.2) is 0 Å². The van der Waals surface area contributed by atoms with E-state index < -0.39 is 0 Å². The molecule has 0 heterocycles. The van der Waals surface area contributed by atoms with Crippen molar-refractivity contribution in [2.75, 3.05) is 0 Å². The first kappa shape index (κ1) is 8.60. The predicted molar refractivity (Wildman–Crippen MR) is 39.4 cm³/mol. The average molecular weight is 129 g/mol. The van der Waals surface area contributed by atoms with E-state index in [0.717, 1.165) is 12.8 Å². The maximum atomic E-state index is 9.85. The van der Waals surface area contributed by atoms with Gasteiger partial charge in [-0.15, -0.1) is 0 Å². The summed E-state index contributed by atoms with van der Waals surface area (Å²) in [7, 11) is 0. The summed E-state index contributed by atoms with van der Waals surface area (Å²) >= 11 is 0. The van der Waals surface area contributed by atoms with Crippen LogP contribution in [0.5, 0.6) is 0 Å². The molecule has 54 valence electrons. The quantitative estimate of drug-likeness (QED) is 0.414. The molecule has 0 amide bonds. The van der Waals surface area contributed by atoms with Crippen molar-refractivity contribution in [2.24, 2.45) is 5.18 Å². The lowest BCUT2D eigenvalue weighted by Crippen LogP contribution is -1.94. The molecular formula is C7H15NO. The SMILES string of the molecule is CCCCCC(C)N=O. The molecule has 0 aromatic heterocycles. The number of rotatable bonds is 5. The minimum absolute atomic E-state index is 0.0246. The topological polar surface area (TPSA) is 29.4 Å². The van der Waals surface area contributed by atoms with Crippen molar-refractivity contribution in [2.45, 2.75) is 45.6 Å². The smallest absolute Gasteiger partial charge is 0.0891 e. The summed E-state index contributed by atoms with van der Waals surface area (Å²) in [6, 6.07) is 0.0246. The first-order valence-electron chi connectivity index (χ1n) is 3.63. The lowest BCUT2D eigenvalue weighted by molar-refractivity contribution is 0.591. The molecular weight excluding hydrogens is 114 g/mol. The molecule has 2 heteroatoms. The van der Waals surface area contributed by atoms with Gasteiger partial charge in [0.05, 0.1) is 6.04 Å². The summed E-state index contributed by atoms with van der Waals surface area (Å²) in [5.41, 5.74) is 0. The molecule has 0 aliphatic rings. The van der Waals surface area contributed by atoms with E-state index in [0.29, 0.717) is 0 Å². The van der Waals surface area contributed by atoms with Crippen molar-refractivity contribution in [1.82, 2.24) is 0 Å². The van der Waals surface area contributed by atoms with Gasteiger partial charge in [-0.2, -0.15) is 4.91 Å². The van der Waals surface area contributed by atoms with Crippen molar-refractivity contribution in [3.05, 3.63) is 4.91 Å². The largest absolute Gasteiger partial charge is 0.151 e. The summed E-state index contributed by atoms with van der Waals surface area (Å²) in [6.45, 7) is 4.02. The number of hydrogen-bond acceptors (Lipinski definition) is 2. The molecule has 0 rings (SSSR count). The Balaban J connectivity index is 2.96. The molecule has 0 aromatic rings. The highest BCUT2D eigenvalue weighted by Gasteiger charge is 1.97. The Kier molecular flexibility index (Phi) is 5.48. The van der Waals surface area contributed by atoms with E-state index in [4.69, 9.17) is 0 Å². The Morgan fingerprint density at radius 1 is 1.44 bits per heavy atom. The van der Waals surface area contributed by atoms with Gasteiger partial charge in [-0.3, -0.25) is 0 Å². The molecule has 0 fully saturated rings. The van der Waals surface area contributed by atoms with Gasteiger partial charge in [-0.1, -0.05) is 31.4 Å². The van der Waals surface area contributed by atoms with Gasteiger partial charge in [0.2, 0.25) is 0 Å². The first-order chi connectivity index (χ1) is 4.31. The van der Waals surface area contributed by atoms with Crippen LogP contribution < -0.4 is 0 Å². The van der Waals surface area contributed by atoms with Gasteiger partial charge in [0.1, 0.15) is 0 Å². The van der Waals surface area contributed by atoms with E-state index in [1.807, 2.05) is 6.92 Å². The minimum Gasteiger partial charge on any atom is -0.151 e. The molecule has 0 spiro atoms. The Bertz CT molecular complexity index is 73.3.